The maximum atomic E-state index is 12.4. The molecule has 2 aromatic carbocycles. The second-order valence-electron chi connectivity index (χ2n) is 6.07. The Kier molecular flexibility index (Phi) is 5.94. The molecule has 0 saturated carbocycles. The number of aromatic nitrogens is 1. The molecule has 3 aromatic rings. The average molecular weight is 382 g/mol. The predicted octanol–water partition coefficient (Wildman–Crippen LogP) is 4.73. The second kappa shape index (κ2) is 8.56. The number of halogens is 1. The van der Waals surface area contributed by atoms with Gasteiger partial charge in [0.25, 0.3) is 5.91 Å². The topological polar surface area (TPSA) is 63.2 Å². The Balaban J connectivity index is 1.66. The van der Waals surface area contributed by atoms with Crippen LogP contribution in [-0.4, -0.2) is 18.0 Å². The molecule has 0 fully saturated rings. The van der Waals surface area contributed by atoms with E-state index in [-0.39, 0.29) is 5.91 Å². The Morgan fingerprint density at radius 2 is 1.89 bits per heavy atom. The molecule has 1 aromatic heterocycles. The molecule has 5 nitrogen and oxygen atoms in total. The molecule has 27 heavy (non-hydrogen) atoms. The van der Waals surface area contributed by atoms with Gasteiger partial charge in [-0.05, 0) is 42.8 Å². The average Bonchev–Trinajstić information content (AvgIpc) is 2.68. The first kappa shape index (κ1) is 18.7. The normalized spacial score (nSPS) is 10.3. The van der Waals surface area contributed by atoms with Crippen LogP contribution in [-0.2, 0) is 6.54 Å². The van der Waals surface area contributed by atoms with Gasteiger partial charge in [-0.1, -0.05) is 41.4 Å². The minimum atomic E-state index is -0.159. The monoisotopic (exact) mass is 381 g/mol. The SMILES string of the molecule is COc1ccc(Nc2cc(C(=O)NCc3ccc(C)cc3)ccn2)cc1Cl. The molecule has 3 rings (SSSR count). The molecule has 0 radical (unpaired) electrons. The van der Waals surface area contributed by atoms with Crippen molar-refractivity contribution in [2.45, 2.75) is 13.5 Å². The van der Waals surface area contributed by atoms with Crippen molar-refractivity contribution in [3.63, 3.8) is 0 Å². The molecule has 1 amide bonds. The van der Waals surface area contributed by atoms with Gasteiger partial charge in [-0.2, -0.15) is 0 Å². The van der Waals surface area contributed by atoms with Crippen LogP contribution in [0.5, 0.6) is 5.75 Å². The van der Waals surface area contributed by atoms with Crippen molar-refractivity contribution in [1.82, 2.24) is 10.3 Å². The van der Waals surface area contributed by atoms with E-state index in [9.17, 15) is 4.79 Å². The van der Waals surface area contributed by atoms with Crippen LogP contribution in [0.2, 0.25) is 5.02 Å². The van der Waals surface area contributed by atoms with Crippen LogP contribution in [0.25, 0.3) is 0 Å². The third kappa shape index (κ3) is 4.99. The third-order valence-corrected chi connectivity index (χ3v) is 4.32. The molecule has 0 aliphatic carbocycles. The zero-order valence-electron chi connectivity index (χ0n) is 15.1. The van der Waals surface area contributed by atoms with Crippen molar-refractivity contribution in [2.75, 3.05) is 12.4 Å². The molecule has 0 atom stereocenters. The number of carbonyl (C=O) groups excluding carboxylic acids is 1. The van der Waals surface area contributed by atoms with Crippen LogP contribution in [0, 0.1) is 6.92 Å². The smallest absolute Gasteiger partial charge is 0.251 e. The van der Waals surface area contributed by atoms with Gasteiger partial charge in [-0.15, -0.1) is 0 Å². The van der Waals surface area contributed by atoms with Gasteiger partial charge < -0.3 is 15.4 Å². The fraction of sp³-hybridized carbons (Fsp3) is 0.143. The van der Waals surface area contributed by atoms with Gasteiger partial charge in [0, 0.05) is 24.0 Å². The van der Waals surface area contributed by atoms with Gasteiger partial charge in [0.1, 0.15) is 11.6 Å². The van der Waals surface area contributed by atoms with Gasteiger partial charge in [0.2, 0.25) is 0 Å². The zero-order valence-corrected chi connectivity index (χ0v) is 15.9. The van der Waals surface area contributed by atoms with Crippen molar-refractivity contribution in [2.24, 2.45) is 0 Å². The molecule has 138 valence electrons. The number of anilines is 2. The third-order valence-electron chi connectivity index (χ3n) is 4.02. The summed E-state index contributed by atoms with van der Waals surface area (Å²) in [6, 6.07) is 16.8. The summed E-state index contributed by atoms with van der Waals surface area (Å²) in [7, 11) is 1.56. The highest BCUT2D eigenvalue weighted by atomic mass is 35.5. The molecule has 0 aliphatic rings. The summed E-state index contributed by atoms with van der Waals surface area (Å²) in [5.74, 6) is 0.993. The molecule has 0 unspecified atom stereocenters. The highest BCUT2D eigenvalue weighted by molar-refractivity contribution is 6.32. The highest BCUT2D eigenvalue weighted by Crippen LogP contribution is 2.28. The van der Waals surface area contributed by atoms with Gasteiger partial charge in [0.15, 0.2) is 0 Å². The maximum absolute atomic E-state index is 12.4. The standard InChI is InChI=1S/C21H20ClN3O2/c1-14-3-5-15(6-4-14)13-24-21(26)16-9-10-23-20(11-16)25-17-7-8-19(27-2)18(22)12-17/h3-12H,13H2,1-2H3,(H,23,25)(H,24,26). The number of hydrogen-bond acceptors (Lipinski definition) is 4. The number of ether oxygens (including phenoxy) is 1. The van der Waals surface area contributed by atoms with Crippen LogP contribution in [0.3, 0.4) is 0 Å². The van der Waals surface area contributed by atoms with Crippen molar-refractivity contribution in [1.29, 1.82) is 0 Å². The van der Waals surface area contributed by atoms with Crippen molar-refractivity contribution < 1.29 is 9.53 Å². The molecule has 0 saturated heterocycles. The Morgan fingerprint density at radius 3 is 2.59 bits per heavy atom. The van der Waals surface area contributed by atoms with Crippen LogP contribution in [0.15, 0.2) is 60.8 Å². The van der Waals surface area contributed by atoms with E-state index in [1.807, 2.05) is 37.3 Å². The van der Waals surface area contributed by atoms with E-state index in [1.54, 1.807) is 37.6 Å². The van der Waals surface area contributed by atoms with Crippen molar-refractivity contribution in [3.8, 4) is 5.75 Å². The summed E-state index contributed by atoms with van der Waals surface area (Å²) in [6.07, 6.45) is 1.59. The quantitative estimate of drug-likeness (QED) is 0.648. The number of nitrogens with one attached hydrogen (secondary N) is 2. The Bertz CT molecular complexity index is 942. The van der Waals surface area contributed by atoms with Gasteiger partial charge in [0.05, 0.1) is 12.1 Å². The van der Waals surface area contributed by atoms with Crippen molar-refractivity contribution in [3.05, 3.63) is 82.5 Å². The Labute approximate surface area is 163 Å². The van der Waals surface area contributed by atoms with Crippen LogP contribution >= 0.6 is 11.6 Å². The molecule has 2 N–H and O–H groups in total. The van der Waals surface area contributed by atoms with E-state index >= 15 is 0 Å². The molecule has 0 aliphatic heterocycles. The summed E-state index contributed by atoms with van der Waals surface area (Å²) in [5.41, 5.74) is 3.52. The predicted molar refractivity (Wildman–Crippen MR) is 108 cm³/mol. The first-order valence-corrected chi connectivity index (χ1v) is 8.83. The number of aryl methyl sites for hydroxylation is 1. The fourth-order valence-corrected chi connectivity index (χ4v) is 2.78. The minimum Gasteiger partial charge on any atom is -0.495 e. The summed E-state index contributed by atoms with van der Waals surface area (Å²) >= 11 is 6.14. The minimum absolute atomic E-state index is 0.159. The molecule has 1 heterocycles. The van der Waals surface area contributed by atoms with Crippen molar-refractivity contribution >= 4 is 29.0 Å². The van der Waals surface area contributed by atoms with E-state index in [0.717, 1.165) is 11.3 Å². The summed E-state index contributed by atoms with van der Waals surface area (Å²) in [4.78, 5) is 16.7. The van der Waals surface area contributed by atoms with Gasteiger partial charge in [-0.3, -0.25) is 4.79 Å². The molecule has 0 spiro atoms. The lowest BCUT2D eigenvalue weighted by Crippen LogP contribution is -2.22. The van der Waals surface area contributed by atoms with Crippen LogP contribution in [0.4, 0.5) is 11.5 Å². The lowest BCUT2D eigenvalue weighted by molar-refractivity contribution is 0.0951. The Hall–Kier alpha value is -3.05. The summed E-state index contributed by atoms with van der Waals surface area (Å²) in [5, 5.41) is 6.55. The largest absolute Gasteiger partial charge is 0.495 e. The van der Waals surface area contributed by atoms with E-state index in [0.29, 0.717) is 28.7 Å². The number of rotatable bonds is 6. The van der Waals surface area contributed by atoms with E-state index in [4.69, 9.17) is 16.3 Å². The number of benzene rings is 2. The molecule has 0 bridgehead atoms. The number of amides is 1. The number of pyridine rings is 1. The number of nitrogens with zero attached hydrogens (tertiary/aromatic N) is 1. The lowest BCUT2D eigenvalue weighted by Gasteiger charge is -2.10. The van der Waals surface area contributed by atoms with E-state index in [1.165, 1.54) is 5.56 Å². The van der Waals surface area contributed by atoms with Crippen LogP contribution in [0.1, 0.15) is 21.5 Å². The molecule has 6 heteroatoms. The lowest BCUT2D eigenvalue weighted by atomic mass is 10.1. The number of methoxy groups -OCH3 is 1. The highest BCUT2D eigenvalue weighted by Gasteiger charge is 2.08. The fourth-order valence-electron chi connectivity index (χ4n) is 2.52. The van der Waals surface area contributed by atoms with E-state index < -0.39 is 0 Å². The molecular weight excluding hydrogens is 362 g/mol. The number of hydrogen-bond donors (Lipinski definition) is 2. The van der Waals surface area contributed by atoms with E-state index in [2.05, 4.69) is 15.6 Å². The Morgan fingerprint density at radius 1 is 1.11 bits per heavy atom. The first-order chi connectivity index (χ1) is 13.0. The first-order valence-electron chi connectivity index (χ1n) is 8.45. The second-order valence-corrected chi connectivity index (χ2v) is 6.48. The zero-order chi connectivity index (χ0) is 19.2. The molecular formula is C21H20ClN3O2. The summed E-state index contributed by atoms with van der Waals surface area (Å²) < 4.78 is 5.14. The number of carbonyl (C=O) groups is 1. The van der Waals surface area contributed by atoms with Gasteiger partial charge in [-0.25, -0.2) is 4.98 Å². The maximum Gasteiger partial charge on any atom is 0.251 e. The van der Waals surface area contributed by atoms with Gasteiger partial charge >= 0.3 is 0 Å². The summed E-state index contributed by atoms with van der Waals surface area (Å²) in [6.45, 7) is 2.50. The van der Waals surface area contributed by atoms with Crippen LogP contribution < -0.4 is 15.4 Å².